The van der Waals surface area contributed by atoms with Crippen molar-refractivity contribution in [1.82, 2.24) is 4.37 Å². The number of aryl methyl sites for hydroxylation is 1. The Morgan fingerprint density at radius 2 is 2.20 bits per heavy atom. The van der Waals surface area contributed by atoms with E-state index in [0.717, 1.165) is 5.00 Å². The zero-order chi connectivity index (χ0) is 14.7. The number of carbonyl (C=O) groups is 1. The van der Waals surface area contributed by atoms with Crippen molar-refractivity contribution in [3.63, 3.8) is 0 Å². The summed E-state index contributed by atoms with van der Waals surface area (Å²) in [7, 11) is 3.30. The third kappa shape index (κ3) is 2.86. The Hall–Kier alpha value is -1.79. The average Bonchev–Trinajstić information content (AvgIpc) is 2.80. The van der Waals surface area contributed by atoms with Gasteiger partial charge in [0.2, 0.25) is 0 Å². The standard InChI is InChI=1S/C13H14ClN3O2S/c1-7-11(13(15-2)20-17-7)12(18)16-8-4-5-10(19-3)9(14)6-8/h4-6,15H,1-3H3,(H,16,18). The molecule has 1 aromatic carbocycles. The fraction of sp³-hybridized carbons (Fsp3) is 0.231. The van der Waals surface area contributed by atoms with Crippen LogP contribution >= 0.6 is 23.1 Å². The largest absolute Gasteiger partial charge is 0.495 e. The number of nitrogens with one attached hydrogen (secondary N) is 2. The number of rotatable bonds is 4. The predicted octanol–water partition coefficient (Wildman–Crippen LogP) is 3.41. The molecule has 0 aliphatic carbocycles. The van der Waals surface area contributed by atoms with Crippen LogP contribution in [0.3, 0.4) is 0 Å². The molecule has 0 aliphatic heterocycles. The fourth-order valence-electron chi connectivity index (χ4n) is 1.75. The molecule has 0 radical (unpaired) electrons. The number of benzene rings is 1. The van der Waals surface area contributed by atoms with Crippen LogP contribution in [0.15, 0.2) is 18.2 Å². The SMILES string of the molecule is CNc1snc(C)c1C(=O)Nc1ccc(OC)c(Cl)c1. The summed E-state index contributed by atoms with van der Waals surface area (Å²) >= 11 is 7.29. The van der Waals surface area contributed by atoms with Crippen LogP contribution in [0.4, 0.5) is 10.7 Å². The molecular weight excluding hydrogens is 298 g/mol. The van der Waals surface area contributed by atoms with Crippen LogP contribution in [0, 0.1) is 6.92 Å². The molecular formula is C13H14ClN3O2S. The van der Waals surface area contributed by atoms with Gasteiger partial charge in [0, 0.05) is 12.7 Å². The minimum absolute atomic E-state index is 0.221. The number of aromatic nitrogens is 1. The van der Waals surface area contributed by atoms with Gasteiger partial charge in [0.05, 0.1) is 23.4 Å². The Bertz CT molecular complexity index is 643. The number of carbonyl (C=O) groups excluding carboxylic acids is 1. The van der Waals surface area contributed by atoms with Crippen molar-refractivity contribution >= 4 is 39.7 Å². The first-order valence-corrected chi connectivity index (χ1v) is 7.01. The van der Waals surface area contributed by atoms with Crippen molar-refractivity contribution in [2.75, 3.05) is 24.8 Å². The predicted molar refractivity (Wildman–Crippen MR) is 82.4 cm³/mol. The van der Waals surface area contributed by atoms with Gasteiger partial charge in [0.25, 0.3) is 5.91 Å². The molecule has 0 saturated heterocycles. The maximum atomic E-state index is 12.3. The zero-order valence-electron chi connectivity index (χ0n) is 11.3. The van der Waals surface area contributed by atoms with Crippen LogP contribution < -0.4 is 15.4 Å². The van der Waals surface area contributed by atoms with E-state index in [9.17, 15) is 4.79 Å². The van der Waals surface area contributed by atoms with Crippen molar-refractivity contribution in [2.45, 2.75) is 6.92 Å². The van der Waals surface area contributed by atoms with Gasteiger partial charge in [-0.15, -0.1) is 0 Å². The molecule has 106 valence electrons. The van der Waals surface area contributed by atoms with E-state index in [1.54, 1.807) is 39.3 Å². The number of anilines is 2. The molecule has 1 amide bonds. The molecule has 2 N–H and O–H groups in total. The van der Waals surface area contributed by atoms with E-state index in [4.69, 9.17) is 16.3 Å². The lowest BCUT2D eigenvalue weighted by Gasteiger charge is -2.08. The molecule has 0 bridgehead atoms. The minimum Gasteiger partial charge on any atom is -0.495 e. The summed E-state index contributed by atoms with van der Waals surface area (Å²) in [6.07, 6.45) is 0. The maximum absolute atomic E-state index is 12.3. The Kier molecular flexibility index (Phi) is 4.46. The summed E-state index contributed by atoms with van der Waals surface area (Å²) in [5.74, 6) is 0.343. The molecule has 0 spiro atoms. The number of halogens is 1. The normalized spacial score (nSPS) is 10.2. The van der Waals surface area contributed by atoms with Crippen molar-refractivity contribution in [1.29, 1.82) is 0 Å². The lowest BCUT2D eigenvalue weighted by Crippen LogP contribution is -2.14. The van der Waals surface area contributed by atoms with E-state index in [2.05, 4.69) is 15.0 Å². The van der Waals surface area contributed by atoms with Crippen molar-refractivity contribution in [3.05, 3.63) is 34.5 Å². The highest BCUT2D eigenvalue weighted by molar-refractivity contribution is 7.10. The molecule has 0 atom stereocenters. The Morgan fingerprint density at radius 1 is 1.45 bits per heavy atom. The van der Waals surface area contributed by atoms with Gasteiger partial charge in [0.1, 0.15) is 10.8 Å². The highest BCUT2D eigenvalue weighted by Crippen LogP contribution is 2.29. The molecule has 2 rings (SSSR count). The van der Waals surface area contributed by atoms with Gasteiger partial charge in [-0.25, -0.2) is 0 Å². The summed E-state index contributed by atoms with van der Waals surface area (Å²) in [6.45, 7) is 1.80. The van der Waals surface area contributed by atoms with Crippen LogP contribution in [0.25, 0.3) is 0 Å². The molecule has 0 aliphatic rings. The number of ether oxygens (including phenoxy) is 1. The summed E-state index contributed by atoms with van der Waals surface area (Å²) < 4.78 is 9.24. The van der Waals surface area contributed by atoms with Crippen molar-refractivity contribution in [2.24, 2.45) is 0 Å². The quantitative estimate of drug-likeness (QED) is 0.908. The first kappa shape index (κ1) is 14.6. The Balaban J connectivity index is 2.23. The first-order valence-electron chi connectivity index (χ1n) is 5.85. The number of hydrogen-bond donors (Lipinski definition) is 2. The molecule has 1 aromatic heterocycles. The van der Waals surface area contributed by atoms with Gasteiger partial charge in [-0.3, -0.25) is 4.79 Å². The van der Waals surface area contributed by atoms with Crippen molar-refractivity contribution in [3.8, 4) is 5.75 Å². The minimum atomic E-state index is -0.221. The smallest absolute Gasteiger partial charge is 0.260 e. The lowest BCUT2D eigenvalue weighted by molar-refractivity contribution is 0.102. The van der Waals surface area contributed by atoms with E-state index >= 15 is 0 Å². The molecule has 20 heavy (non-hydrogen) atoms. The third-order valence-electron chi connectivity index (χ3n) is 2.73. The van der Waals surface area contributed by atoms with Gasteiger partial charge >= 0.3 is 0 Å². The van der Waals surface area contributed by atoms with Gasteiger partial charge in [-0.2, -0.15) is 4.37 Å². The summed E-state index contributed by atoms with van der Waals surface area (Å²) in [5.41, 5.74) is 1.84. The van der Waals surface area contributed by atoms with Crippen molar-refractivity contribution < 1.29 is 9.53 Å². The second-order valence-electron chi connectivity index (χ2n) is 4.03. The van der Waals surface area contributed by atoms with Crippen LogP contribution in [-0.4, -0.2) is 24.4 Å². The number of amides is 1. The average molecular weight is 312 g/mol. The highest BCUT2D eigenvalue weighted by atomic mass is 35.5. The second-order valence-corrected chi connectivity index (χ2v) is 5.21. The van der Waals surface area contributed by atoms with E-state index in [1.807, 2.05) is 0 Å². The molecule has 0 unspecified atom stereocenters. The maximum Gasteiger partial charge on any atom is 0.260 e. The highest BCUT2D eigenvalue weighted by Gasteiger charge is 2.18. The topological polar surface area (TPSA) is 63.2 Å². The van der Waals surface area contributed by atoms with Gasteiger partial charge in [-0.1, -0.05) is 11.6 Å². The fourth-order valence-corrected chi connectivity index (χ4v) is 2.75. The number of hydrogen-bond acceptors (Lipinski definition) is 5. The van der Waals surface area contributed by atoms with Gasteiger partial charge < -0.3 is 15.4 Å². The molecule has 1 heterocycles. The number of nitrogens with zero attached hydrogens (tertiary/aromatic N) is 1. The van der Waals surface area contributed by atoms with Gasteiger partial charge in [-0.05, 0) is 36.7 Å². The van der Waals surface area contributed by atoms with Gasteiger partial charge in [0.15, 0.2) is 0 Å². The summed E-state index contributed by atoms with van der Waals surface area (Å²) in [4.78, 5) is 12.3. The molecule has 0 fully saturated rings. The van der Waals surface area contributed by atoms with Crippen LogP contribution in [-0.2, 0) is 0 Å². The molecule has 5 nitrogen and oxygen atoms in total. The first-order chi connectivity index (χ1) is 9.56. The van der Waals surface area contributed by atoms with E-state index in [-0.39, 0.29) is 5.91 Å². The summed E-state index contributed by atoms with van der Waals surface area (Å²) in [5, 5.41) is 6.94. The summed E-state index contributed by atoms with van der Waals surface area (Å²) in [6, 6.07) is 5.08. The second kappa shape index (κ2) is 6.11. The third-order valence-corrected chi connectivity index (χ3v) is 3.98. The Labute approximate surface area is 126 Å². The van der Waals surface area contributed by atoms with E-state index < -0.39 is 0 Å². The monoisotopic (exact) mass is 311 g/mol. The lowest BCUT2D eigenvalue weighted by atomic mass is 10.2. The van der Waals surface area contributed by atoms with Crippen LogP contribution in [0.2, 0.25) is 5.02 Å². The van der Waals surface area contributed by atoms with E-state index in [0.29, 0.717) is 27.7 Å². The molecule has 2 aromatic rings. The van der Waals surface area contributed by atoms with E-state index in [1.165, 1.54) is 11.5 Å². The molecule has 7 heteroatoms. The zero-order valence-corrected chi connectivity index (χ0v) is 12.9. The Morgan fingerprint density at radius 3 is 2.80 bits per heavy atom. The van der Waals surface area contributed by atoms with Crippen LogP contribution in [0.1, 0.15) is 16.1 Å². The number of methoxy groups -OCH3 is 1. The molecule has 0 saturated carbocycles. The van der Waals surface area contributed by atoms with Crippen LogP contribution in [0.5, 0.6) is 5.75 Å².